The molecular formula is C15H21NO6S2. The lowest BCUT2D eigenvalue weighted by molar-refractivity contribution is -0.142. The zero-order valence-corrected chi connectivity index (χ0v) is 15.2. The van der Waals surface area contributed by atoms with Gasteiger partial charge in [0.05, 0.1) is 5.92 Å². The molecule has 0 saturated heterocycles. The van der Waals surface area contributed by atoms with E-state index >= 15 is 0 Å². The first-order chi connectivity index (χ1) is 11.1. The van der Waals surface area contributed by atoms with Crippen LogP contribution in [-0.4, -0.2) is 51.4 Å². The van der Waals surface area contributed by atoms with Crippen molar-refractivity contribution in [3.8, 4) is 0 Å². The third-order valence-corrected chi connectivity index (χ3v) is 5.33. The Morgan fingerprint density at radius 3 is 1.92 bits per heavy atom. The number of carboxylic acid groups (broad SMARTS) is 2. The maximum atomic E-state index is 11.6. The van der Waals surface area contributed by atoms with Crippen LogP contribution in [0.1, 0.15) is 20.3 Å². The summed E-state index contributed by atoms with van der Waals surface area (Å²) in [6.07, 6.45) is -0.146. The number of amides is 1. The van der Waals surface area contributed by atoms with E-state index in [-0.39, 0.29) is 29.3 Å². The van der Waals surface area contributed by atoms with Gasteiger partial charge >= 0.3 is 11.9 Å². The van der Waals surface area contributed by atoms with Crippen LogP contribution < -0.4 is 5.32 Å². The Kier molecular flexibility index (Phi) is 10.1. The number of Topliss-reactive ketones (excluding diaryl/α,β-unsaturated/α-hetero) is 1. The number of carbonyl (C=O) groups is 4. The quantitative estimate of drug-likeness (QED) is 0.268. The van der Waals surface area contributed by atoms with Gasteiger partial charge in [0.15, 0.2) is 5.78 Å². The Balaban J connectivity index is 4.43. The first-order valence-electron chi connectivity index (χ1n) is 6.91. The normalized spacial score (nSPS) is 12.8. The van der Waals surface area contributed by atoms with Crippen LogP contribution in [0.4, 0.5) is 0 Å². The van der Waals surface area contributed by atoms with E-state index in [1.54, 1.807) is 0 Å². The van der Waals surface area contributed by atoms with E-state index in [9.17, 15) is 19.2 Å². The van der Waals surface area contributed by atoms with Gasteiger partial charge in [0.1, 0.15) is 6.04 Å². The Labute approximate surface area is 148 Å². The highest BCUT2D eigenvalue weighted by Crippen LogP contribution is 2.26. The number of carbonyl (C=O) groups excluding carboxylic acids is 2. The van der Waals surface area contributed by atoms with E-state index in [1.165, 1.54) is 13.8 Å². The van der Waals surface area contributed by atoms with Crippen molar-refractivity contribution in [1.29, 1.82) is 0 Å². The molecule has 0 bridgehead atoms. The molecule has 0 radical (unpaired) electrons. The highest BCUT2D eigenvalue weighted by Gasteiger charge is 2.23. The zero-order valence-electron chi connectivity index (χ0n) is 13.5. The van der Waals surface area contributed by atoms with Crippen molar-refractivity contribution in [2.45, 2.75) is 26.3 Å². The molecule has 3 N–H and O–H groups in total. The fraction of sp³-hybridized carbons (Fsp3) is 0.467. The summed E-state index contributed by atoms with van der Waals surface area (Å²) in [5, 5.41) is 20.5. The summed E-state index contributed by atoms with van der Waals surface area (Å²) in [7, 11) is 2.26. The number of hydrogen-bond donors (Lipinski definition) is 3. The van der Waals surface area contributed by atoms with Gasteiger partial charge in [-0.3, -0.25) is 14.4 Å². The average molecular weight is 375 g/mol. The third-order valence-electron chi connectivity index (χ3n) is 2.84. The molecule has 0 heterocycles. The summed E-state index contributed by atoms with van der Waals surface area (Å²) in [4.78, 5) is 45.3. The SMILES string of the molecule is C=C(C)C(=O)CC(CSSCC(NC(=O)C(=C)C)C(=O)O)C(=O)O. The van der Waals surface area contributed by atoms with Crippen LogP contribution in [0.25, 0.3) is 0 Å². The predicted octanol–water partition coefficient (Wildman–Crippen LogP) is 1.75. The smallest absolute Gasteiger partial charge is 0.327 e. The zero-order chi connectivity index (χ0) is 18.9. The van der Waals surface area contributed by atoms with Crippen LogP contribution in [0.3, 0.4) is 0 Å². The Bertz CT molecular complexity index is 498. The number of rotatable bonds is 12. The second-order valence-corrected chi connectivity index (χ2v) is 7.71. The summed E-state index contributed by atoms with van der Waals surface area (Å²) < 4.78 is 0. The van der Waals surface area contributed by atoms with Crippen molar-refractivity contribution < 1.29 is 29.4 Å². The first-order valence-corrected chi connectivity index (χ1v) is 9.40. The van der Waals surface area contributed by atoms with Crippen LogP contribution in [0.2, 0.25) is 0 Å². The van der Waals surface area contributed by atoms with E-state index in [1.807, 2.05) is 0 Å². The van der Waals surface area contributed by atoms with Gasteiger partial charge in [-0.25, -0.2) is 4.79 Å². The molecule has 0 saturated carbocycles. The van der Waals surface area contributed by atoms with Gasteiger partial charge in [-0.05, 0) is 19.4 Å². The van der Waals surface area contributed by atoms with Gasteiger partial charge in [-0.15, -0.1) is 0 Å². The Hall–Kier alpha value is -1.74. The van der Waals surface area contributed by atoms with E-state index in [2.05, 4.69) is 18.5 Å². The average Bonchev–Trinajstić information content (AvgIpc) is 2.47. The van der Waals surface area contributed by atoms with Crippen LogP contribution >= 0.6 is 21.6 Å². The maximum absolute atomic E-state index is 11.6. The monoisotopic (exact) mass is 375 g/mol. The molecule has 2 unspecified atom stereocenters. The molecule has 9 heteroatoms. The van der Waals surface area contributed by atoms with Crippen molar-refractivity contribution in [2.24, 2.45) is 5.92 Å². The Morgan fingerprint density at radius 1 is 0.958 bits per heavy atom. The molecule has 0 aromatic rings. The van der Waals surface area contributed by atoms with Crippen molar-refractivity contribution >= 4 is 45.2 Å². The molecule has 0 aromatic carbocycles. The minimum absolute atomic E-state index is 0.0553. The van der Waals surface area contributed by atoms with E-state index in [4.69, 9.17) is 10.2 Å². The minimum atomic E-state index is -1.19. The van der Waals surface area contributed by atoms with Crippen molar-refractivity contribution in [2.75, 3.05) is 11.5 Å². The topological polar surface area (TPSA) is 121 Å². The highest BCUT2D eigenvalue weighted by molar-refractivity contribution is 8.76. The van der Waals surface area contributed by atoms with E-state index in [0.29, 0.717) is 5.57 Å². The summed E-state index contributed by atoms with van der Waals surface area (Å²) >= 11 is 0. The molecule has 0 spiro atoms. The molecule has 1 amide bonds. The standard InChI is InChI=1S/C15H21NO6S2/c1-8(2)12(17)5-10(14(19)20)6-23-24-7-11(15(21)22)16-13(18)9(3)4/h10-11H,1,3,5-7H2,2,4H3,(H,16,18)(H,19,20)(H,21,22). The molecule has 24 heavy (non-hydrogen) atoms. The number of ketones is 1. The first kappa shape index (κ1) is 22.3. The molecule has 7 nitrogen and oxygen atoms in total. The molecule has 0 aromatic heterocycles. The second kappa shape index (κ2) is 10.9. The Morgan fingerprint density at radius 2 is 1.50 bits per heavy atom. The highest BCUT2D eigenvalue weighted by atomic mass is 33.1. The van der Waals surface area contributed by atoms with Gasteiger partial charge in [-0.2, -0.15) is 0 Å². The van der Waals surface area contributed by atoms with Crippen LogP contribution in [0.5, 0.6) is 0 Å². The van der Waals surface area contributed by atoms with E-state index in [0.717, 1.165) is 21.6 Å². The largest absolute Gasteiger partial charge is 0.481 e. The summed E-state index contributed by atoms with van der Waals surface area (Å²) in [6, 6.07) is -1.10. The minimum Gasteiger partial charge on any atom is -0.481 e. The fourth-order valence-electron chi connectivity index (χ4n) is 1.32. The van der Waals surface area contributed by atoms with E-state index < -0.39 is 29.8 Å². The number of hydrogen-bond acceptors (Lipinski definition) is 6. The molecule has 2 atom stereocenters. The van der Waals surface area contributed by atoms with Crippen LogP contribution in [0.15, 0.2) is 24.3 Å². The molecule has 0 aliphatic rings. The second-order valence-electron chi connectivity index (χ2n) is 5.16. The molecule has 0 aliphatic heterocycles. The maximum Gasteiger partial charge on any atom is 0.327 e. The molecular weight excluding hydrogens is 354 g/mol. The molecule has 0 aliphatic carbocycles. The number of carboxylic acids is 2. The third kappa shape index (κ3) is 8.78. The number of nitrogens with one attached hydrogen (secondary N) is 1. The van der Waals surface area contributed by atoms with Crippen molar-refractivity contribution in [1.82, 2.24) is 5.32 Å². The summed E-state index contributed by atoms with van der Waals surface area (Å²) in [5.41, 5.74) is 0.496. The molecule has 134 valence electrons. The van der Waals surface area contributed by atoms with Gasteiger partial charge in [0.25, 0.3) is 0 Å². The lowest BCUT2D eigenvalue weighted by Gasteiger charge is -2.15. The molecule has 0 fully saturated rings. The van der Waals surface area contributed by atoms with Gasteiger partial charge < -0.3 is 15.5 Å². The van der Waals surface area contributed by atoms with Gasteiger partial charge in [0.2, 0.25) is 5.91 Å². The fourth-order valence-corrected chi connectivity index (χ4v) is 3.78. The predicted molar refractivity (Wildman–Crippen MR) is 94.9 cm³/mol. The lowest BCUT2D eigenvalue weighted by Crippen LogP contribution is -2.42. The lowest BCUT2D eigenvalue weighted by atomic mass is 10.0. The number of aliphatic carboxylic acids is 2. The summed E-state index contributed by atoms with van der Waals surface area (Å²) in [6.45, 7) is 9.89. The number of allylic oxidation sites excluding steroid dienone is 1. The van der Waals surface area contributed by atoms with Crippen LogP contribution in [-0.2, 0) is 19.2 Å². The summed E-state index contributed by atoms with van der Waals surface area (Å²) in [5.74, 6) is -3.83. The van der Waals surface area contributed by atoms with Gasteiger partial charge in [0, 0.05) is 23.5 Å². The van der Waals surface area contributed by atoms with Crippen molar-refractivity contribution in [3.63, 3.8) is 0 Å². The van der Waals surface area contributed by atoms with Crippen LogP contribution in [0, 0.1) is 5.92 Å². The molecule has 0 rings (SSSR count). The van der Waals surface area contributed by atoms with Crippen molar-refractivity contribution in [3.05, 3.63) is 24.3 Å². The van der Waals surface area contributed by atoms with Gasteiger partial charge in [-0.1, -0.05) is 34.7 Å².